The van der Waals surface area contributed by atoms with Crippen molar-refractivity contribution in [2.45, 2.75) is 19.3 Å². The number of nitrogens with zero attached hydrogens (tertiary/aromatic N) is 2. The summed E-state index contributed by atoms with van der Waals surface area (Å²) in [5, 5.41) is 0. The van der Waals surface area contributed by atoms with Gasteiger partial charge in [0.05, 0.1) is 11.4 Å². The molecule has 0 fully saturated rings. The van der Waals surface area contributed by atoms with Gasteiger partial charge < -0.3 is 0 Å². The van der Waals surface area contributed by atoms with Crippen LogP contribution in [-0.2, 0) is 10.2 Å². The standard InChI is InChI=1S/C14H14N2O/c1-11(17)14(2,12-7-3-5-9-15-12)13-8-4-6-10-16-13/h3-10H,1-2H3. The summed E-state index contributed by atoms with van der Waals surface area (Å²) < 4.78 is 0. The zero-order valence-electron chi connectivity index (χ0n) is 9.92. The van der Waals surface area contributed by atoms with Crippen LogP contribution in [0.5, 0.6) is 0 Å². The van der Waals surface area contributed by atoms with Crippen molar-refractivity contribution in [3.63, 3.8) is 0 Å². The Morgan fingerprint density at radius 1 is 1.00 bits per heavy atom. The molecule has 2 heterocycles. The second-order valence-electron chi connectivity index (χ2n) is 4.11. The van der Waals surface area contributed by atoms with E-state index < -0.39 is 5.41 Å². The second-order valence-corrected chi connectivity index (χ2v) is 4.11. The van der Waals surface area contributed by atoms with Crippen LogP contribution in [0, 0.1) is 0 Å². The zero-order chi connectivity index (χ0) is 12.3. The molecule has 86 valence electrons. The van der Waals surface area contributed by atoms with Gasteiger partial charge in [0.15, 0.2) is 0 Å². The molecule has 0 amide bonds. The third kappa shape index (κ3) is 1.96. The Bertz CT molecular complexity index is 469. The van der Waals surface area contributed by atoms with Crippen molar-refractivity contribution < 1.29 is 4.79 Å². The summed E-state index contributed by atoms with van der Waals surface area (Å²) in [5.74, 6) is 0.0369. The molecule has 3 heteroatoms. The second kappa shape index (κ2) is 4.45. The molecule has 0 atom stereocenters. The first kappa shape index (κ1) is 11.5. The highest BCUT2D eigenvalue weighted by atomic mass is 16.1. The van der Waals surface area contributed by atoms with Gasteiger partial charge in [-0.25, -0.2) is 0 Å². The molecular weight excluding hydrogens is 212 g/mol. The van der Waals surface area contributed by atoms with Crippen LogP contribution in [0.4, 0.5) is 0 Å². The topological polar surface area (TPSA) is 42.9 Å². The number of hydrogen-bond donors (Lipinski definition) is 0. The molecule has 0 aromatic carbocycles. The van der Waals surface area contributed by atoms with E-state index in [9.17, 15) is 4.79 Å². The molecule has 17 heavy (non-hydrogen) atoms. The number of hydrogen-bond acceptors (Lipinski definition) is 3. The number of Topliss-reactive ketones (excluding diaryl/α,β-unsaturated/α-hetero) is 1. The van der Waals surface area contributed by atoms with Crippen molar-refractivity contribution in [2.75, 3.05) is 0 Å². The normalized spacial score (nSPS) is 11.2. The van der Waals surface area contributed by atoms with Crippen LogP contribution in [0.15, 0.2) is 48.8 Å². The fraction of sp³-hybridized carbons (Fsp3) is 0.214. The quantitative estimate of drug-likeness (QED) is 0.807. The highest BCUT2D eigenvalue weighted by Gasteiger charge is 2.36. The van der Waals surface area contributed by atoms with Crippen LogP contribution in [0.1, 0.15) is 25.2 Å². The van der Waals surface area contributed by atoms with Crippen molar-refractivity contribution in [1.82, 2.24) is 9.97 Å². The Hall–Kier alpha value is -2.03. The summed E-state index contributed by atoms with van der Waals surface area (Å²) >= 11 is 0. The van der Waals surface area contributed by atoms with Crippen molar-refractivity contribution in [3.05, 3.63) is 60.2 Å². The number of ketones is 1. The lowest BCUT2D eigenvalue weighted by Gasteiger charge is -2.25. The van der Waals surface area contributed by atoms with Gasteiger partial charge in [0.25, 0.3) is 0 Å². The Labute approximate surface area is 101 Å². The van der Waals surface area contributed by atoms with Crippen LogP contribution in [-0.4, -0.2) is 15.8 Å². The van der Waals surface area contributed by atoms with Gasteiger partial charge in [-0.2, -0.15) is 0 Å². The number of rotatable bonds is 3. The highest BCUT2D eigenvalue weighted by molar-refractivity contribution is 5.90. The Morgan fingerprint density at radius 3 is 1.76 bits per heavy atom. The van der Waals surface area contributed by atoms with Crippen LogP contribution in [0.25, 0.3) is 0 Å². The van der Waals surface area contributed by atoms with Gasteiger partial charge in [0.1, 0.15) is 11.2 Å². The smallest absolute Gasteiger partial charge is 0.147 e. The average Bonchev–Trinajstić information content (AvgIpc) is 2.39. The van der Waals surface area contributed by atoms with Crippen molar-refractivity contribution in [1.29, 1.82) is 0 Å². The molecule has 3 nitrogen and oxygen atoms in total. The van der Waals surface area contributed by atoms with E-state index in [1.165, 1.54) is 0 Å². The number of aromatic nitrogens is 2. The molecule has 0 saturated heterocycles. The van der Waals surface area contributed by atoms with Gasteiger partial charge in [0, 0.05) is 12.4 Å². The first-order valence-corrected chi connectivity index (χ1v) is 5.50. The van der Waals surface area contributed by atoms with E-state index in [1.54, 1.807) is 19.3 Å². The summed E-state index contributed by atoms with van der Waals surface area (Å²) in [6.07, 6.45) is 3.39. The summed E-state index contributed by atoms with van der Waals surface area (Å²) in [4.78, 5) is 20.6. The monoisotopic (exact) mass is 226 g/mol. The first-order chi connectivity index (χ1) is 8.15. The lowest BCUT2D eigenvalue weighted by molar-refractivity contribution is -0.120. The highest BCUT2D eigenvalue weighted by Crippen LogP contribution is 2.29. The van der Waals surface area contributed by atoms with Gasteiger partial charge in [0.2, 0.25) is 0 Å². The molecule has 0 bridgehead atoms. The average molecular weight is 226 g/mol. The van der Waals surface area contributed by atoms with E-state index in [4.69, 9.17) is 0 Å². The van der Waals surface area contributed by atoms with E-state index in [0.29, 0.717) is 0 Å². The fourth-order valence-corrected chi connectivity index (χ4v) is 1.81. The molecule has 0 radical (unpaired) electrons. The zero-order valence-corrected chi connectivity index (χ0v) is 9.92. The molecule has 0 aliphatic rings. The van der Waals surface area contributed by atoms with Gasteiger partial charge in [-0.3, -0.25) is 14.8 Å². The minimum absolute atomic E-state index is 0.0369. The molecule has 0 aliphatic heterocycles. The first-order valence-electron chi connectivity index (χ1n) is 5.50. The Kier molecular flexibility index (Phi) is 3.00. The van der Waals surface area contributed by atoms with Crippen LogP contribution >= 0.6 is 0 Å². The molecule has 0 unspecified atom stereocenters. The van der Waals surface area contributed by atoms with Crippen molar-refractivity contribution in [2.24, 2.45) is 0 Å². The van der Waals surface area contributed by atoms with Crippen LogP contribution in [0.2, 0.25) is 0 Å². The number of pyridine rings is 2. The van der Waals surface area contributed by atoms with Gasteiger partial charge in [-0.15, -0.1) is 0 Å². The van der Waals surface area contributed by atoms with Crippen LogP contribution < -0.4 is 0 Å². The van der Waals surface area contributed by atoms with Crippen molar-refractivity contribution in [3.8, 4) is 0 Å². The Morgan fingerprint density at radius 2 is 1.47 bits per heavy atom. The fourth-order valence-electron chi connectivity index (χ4n) is 1.81. The minimum atomic E-state index is -0.775. The van der Waals surface area contributed by atoms with Gasteiger partial charge in [-0.1, -0.05) is 12.1 Å². The SMILES string of the molecule is CC(=O)C(C)(c1ccccn1)c1ccccn1. The maximum Gasteiger partial charge on any atom is 0.147 e. The molecule has 2 rings (SSSR count). The number of carbonyl (C=O) groups is 1. The summed E-state index contributed by atoms with van der Waals surface area (Å²) in [6, 6.07) is 11.1. The van der Waals surface area contributed by atoms with Crippen molar-refractivity contribution >= 4 is 5.78 Å². The lowest BCUT2D eigenvalue weighted by atomic mass is 9.79. The molecule has 2 aromatic rings. The largest absolute Gasteiger partial charge is 0.299 e. The van der Waals surface area contributed by atoms with Crippen LogP contribution in [0.3, 0.4) is 0 Å². The van der Waals surface area contributed by atoms with E-state index in [-0.39, 0.29) is 5.78 Å². The summed E-state index contributed by atoms with van der Waals surface area (Å²) in [6.45, 7) is 3.43. The predicted octanol–water partition coefficient (Wildman–Crippen LogP) is 2.37. The third-order valence-corrected chi connectivity index (χ3v) is 3.06. The maximum absolute atomic E-state index is 12.0. The summed E-state index contributed by atoms with van der Waals surface area (Å²) in [7, 11) is 0. The molecule has 2 aromatic heterocycles. The van der Waals surface area contributed by atoms with E-state index in [0.717, 1.165) is 11.4 Å². The van der Waals surface area contributed by atoms with Gasteiger partial charge >= 0.3 is 0 Å². The molecule has 0 spiro atoms. The lowest BCUT2D eigenvalue weighted by Crippen LogP contribution is -2.33. The maximum atomic E-state index is 12.0. The van der Waals surface area contributed by atoms with E-state index in [1.807, 2.05) is 43.3 Å². The van der Waals surface area contributed by atoms with E-state index in [2.05, 4.69) is 9.97 Å². The number of carbonyl (C=O) groups excluding carboxylic acids is 1. The molecule has 0 saturated carbocycles. The predicted molar refractivity (Wildman–Crippen MR) is 65.6 cm³/mol. The van der Waals surface area contributed by atoms with Gasteiger partial charge in [-0.05, 0) is 38.1 Å². The Balaban J connectivity index is 2.59. The van der Waals surface area contributed by atoms with E-state index >= 15 is 0 Å². The third-order valence-electron chi connectivity index (χ3n) is 3.06. The molecule has 0 aliphatic carbocycles. The minimum Gasteiger partial charge on any atom is -0.299 e. The molecule has 0 N–H and O–H groups in total. The summed E-state index contributed by atoms with van der Waals surface area (Å²) in [5.41, 5.74) is 0.681. The molecular formula is C14H14N2O.